The zero-order valence-corrected chi connectivity index (χ0v) is 6.25. The summed E-state index contributed by atoms with van der Waals surface area (Å²) in [6.45, 7) is 0. The second-order valence-electron chi connectivity index (χ2n) is 1.86. The fourth-order valence-electron chi connectivity index (χ4n) is 0.450. The van der Waals surface area contributed by atoms with E-state index in [1.807, 2.05) is 0 Å². The molecule has 0 aliphatic rings. The van der Waals surface area contributed by atoms with E-state index < -0.39 is 23.9 Å². The first-order valence-corrected chi connectivity index (χ1v) is 3.14. The van der Waals surface area contributed by atoms with Crippen molar-refractivity contribution >= 4 is 29.5 Å². The second-order valence-corrected chi connectivity index (χ2v) is 2.14. The van der Waals surface area contributed by atoms with E-state index in [-0.39, 0.29) is 0 Å². The molecule has 0 fully saturated rings. The van der Waals surface area contributed by atoms with Crippen molar-refractivity contribution in [1.29, 1.82) is 0 Å². The standard InChI is InChI=1S/C5H7NO4S/c6-3(5(9)10)2(1-11)4(7)8/h1-3H,6H2,(H,7,8)(H,9,10)/t2?,3-/m0/s1. The molecule has 5 nitrogen and oxygen atoms in total. The highest BCUT2D eigenvalue weighted by Crippen LogP contribution is 1.99. The Kier molecular flexibility index (Phi) is 3.63. The van der Waals surface area contributed by atoms with Gasteiger partial charge in [0.15, 0.2) is 0 Å². The molecule has 6 heteroatoms. The molecule has 0 spiro atoms. The second kappa shape index (κ2) is 3.99. The van der Waals surface area contributed by atoms with Crippen LogP contribution in [0.3, 0.4) is 0 Å². The van der Waals surface area contributed by atoms with E-state index in [2.05, 4.69) is 12.2 Å². The van der Waals surface area contributed by atoms with Gasteiger partial charge in [-0.05, 0) is 5.37 Å². The zero-order valence-electron chi connectivity index (χ0n) is 5.43. The number of hydrogen-bond donors (Lipinski definition) is 3. The predicted octanol–water partition coefficient (Wildman–Crippen LogP) is -0.901. The maximum absolute atomic E-state index is 10.2. The van der Waals surface area contributed by atoms with Gasteiger partial charge >= 0.3 is 11.9 Å². The van der Waals surface area contributed by atoms with Crippen molar-refractivity contribution < 1.29 is 19.8 Å². The minimum absolute atomic E-state index is 0.834. The molecule has 0 radical (unpaired) electrons. The maximum Gasteiger partial charge on any atom is 0.321 e. The fraction of sp³-hybridized carbons (Fsp3) is 0.400. The van der Waals surface area contributed by atoms with Crippen LogP contribution in [0.4, 0.5) is 0 Å². The summed E-state index contributed by atoms with van der Waals surface area (Å²) in [7, 11) is 0. The Morgan fingerprint density at radius 1 is 1.36 bits per heavy atom. The SMILES string of the molecule is N[C@H](C(=O)O)C(C=S)C(=O)O. The summed E-state index contributed by atoms with van der Waals surface area (Å²) in [4.78, 5) is 20.4. The van der Waals surface area contributed by atoms with E-state index in [0.29, 0.717) is 0 Å². The third-order valence-corrected chi connectivity index (χ3v) is 1.40. The van der Waals surface area contributed by atoms with E-state index >= 15 is 0 Å². The first-order valence-electron chi connectivity index (χ1n) is 2.67. The van der Waals surface area contributed by atoms with E-state index in [4.69, 9.17) is 15.9 Å². The van der Waals surface area contributed by atoms with E-state index in [0.717, 1.165) is 5.37 Å². The molecule has 0 rings (SSSR count). The quantitative estimate of drug-likeness (QED) is 0.481. The normalized spacial score (nSPS) is 15.0. The predicted molar refractivity (Wildman–Crippen MR) is 40.4 cm³/mol. The number of nitrogens with two attached hydrogens (primary N) is 1. The zero-order chi connectivity index (χ0) is 9.02. The molecule has 0 saturated carbocycles. The Labute approximate surface area is 67.8 Å². The van der Waals surface area contributed by atoms with E-state index in [1.54, 1.807) is 0 Å². The Bertz CT molecular complexity index is 193. The van der Waals surface area contributed by atoms with Crippen LogP contribution >= 0.6 is 12.2 Å². The summed E-state index contributed by atoms with van der Waals surface area (Å²) < 4.78 is 0. The number of aliphatic carboxylic acids is 2. The van der Waals surface area contributed by atoms with Gasteiger partial charge in [0.1, 0.15) is 12.0 Å². The average Bonchev–Trinajstić information content (AvgIpc) is 1.88. The molecule has 1 unspecified atom stereocenters. The molecule has 0 aromatic rings. The van der Waals surface area contributed by atoms with Gasteiger partial charge < -0.3 is 15.9 Å². The van der Waals surface area contributed by atoms with Crippen LogP contribution in [0.25, 0.3) is 0 Å². The van der Waals surface area contributed by atoms with Crippen molar-refractivity contribution in [3.8, 4) is 0 Å². The maximum atomic E-state index is 10.2. The highest BCUT2D eigenvalue weighted by atomic mass is 32.1. The van der Waals surface area contributed by atoms with Gasteiger partial charge in [-0.25, -0.2) is 0 Å². The van der Waals surface area contributed by atoms with Gasteiger partial charge in [0, 0.05) is 0 Å². The number of thiocarbonyl (C=S) groups is 1. The molecule has 11 heavy (non-hydrogen) atoms. The molecule has 0 heterocycles. The fourth-order valence-corrected chi connectivity index (χ4v) is 0.736. The molecule has 0 aliphatic carbocycles. The average molecular weight is 177 g/mol. The molecule has 62 valence electrons. The number of hydrogen-bond acceptors (Lipinski definition) is 4. The van der Waals surface area contributed by atoms with E-state index in [1.165, 1.54) is 0 Å². The van der Waals surface area contributed by atoms with Gasteiger partial charge in [0.2, 0.25) is 0 Å². The highest BCUT2D eigenvalue weighted by Gasteiger charge is 2.28. The van der Waals surface area contributed by atoms with Crippen LogP contribution in [0.15, 0.2) is 0 Å². The van der Waals surface area contributed by atoms with Gasteiger partial charge in [-0.2, -0.15) is 0 Å². The summed E-state index contributed by atoms with van der Waals surface area (Å²) in [5.41, 5.74) is 4.99. The van der Waals surface area contributed by atoms with Crippen LogP contribution in [0.5, 0.6) is 0 Å². The van der Waals surface area contributed by atoms with Crippen LogP contribution in [-0.4, -0.2) is 33.6 Å². The molecule has 0 bridgehead atoms. The first-order chi connectivity index (χ1) is 5.00. The molecule has 4 N–H and O–H groups in total. The van der Waals surface area contributed by atoms with Crippen molar-refractivity contribution in [3.63, 3.8) is 0 Å². The molecular formula is C5H7NO4S. The summed E-state index contributed by atoms with van der Waals surface area (Å²) >= 11 is 4.30. The largest absolute Gasteiger partial charge is 0.481 e. The molecule has 0 aromatic carbocycles. The number of carbonyl (C=O) groups is 2. The van der Waals surface area contributed by atoms with Crippen molar-refractivity contribution in [2.24, 2.45) is 11.7 Å². The molecule has 0 amide bonds. The Hall–Kier alpha value is -1.01. The van der Waals surface area contributed by atoms with Gasteiger partial charge in [0.25, 0.3) is 0 Å². The van der Waals surface area contributed by atoms with Crippen LogP contribution in [-0.2, 0) is 9.59 Å². The summed E-state index contributed by atoms with van der Waals surface area (Å²) in [5, 5.41) is 17.5. The third kappa shape index (κ3) is 2.60. The number of rotatable bonds is 4. The Morgan fingerprint density at radius 3 is 1.91 bits per heavy atom. The topological polar surface area (TPSA) is 101 Å². The first kappa shape index (κ1) is 9.99. The molecule has 0 aromatic heterocycles. The molecule has 2 atom stereocenters. The Balaban J connectivity index is 4.37. The van der Waals surface area contributed by atoms with Crippen LogP contribution in [0, 0.1) is 5.92 Å². The van der Waals surface area contributed by atoms with Gasteiger partial charge in [0.05, 0.1) is 0 Å². The summed E-state index contributed by atoms with van der Waals surface area (Å²) in [5.74, 6) is -4.00. The van der Waals surface area contributed by atoms with Crippen molar-refractivity contribution in [3.05, 3.63) is 0 Å². The van der Waals surface area contributed by atoms with Crippen molar-refractivity contribution in [2.45, 2.75) is 6.04 Å². The van der Waals surface area contributed by atoms with Crippen molar-refractivity contribution in [1.82, 2.24) is 0 Å². The number of carboxylic acids is 2. The Morgan fingerprint density at radius 2 is 1.82 bits per heavy atom. The molecular weight excluding hydrogens is 170 g/mol. The van der Waals surface area contributed by atoms with E-state index in [9.17, 15) is 9.59 Å². The smallest absolute Gasteiger partial charge is 0.321 e. The lowest BCUT2D eigenvalue weighted by Gasteiger charge is -2.09. The molecule has 0 saturated heterocycles. The highest BCUT2D eigenvalue weighted by molar-refractivity contribution is 7.79. The van der Waals surface area contributed by atoms with Crippen LogP contribution < -0.4 is 5.73 Å². The summed E-state index contributed by atoms with van der Waals surface area (Å²) in [6.07, 6.45) is 0. The monoisotopic (exact) mass is 177 g/mol. The lowest BCUT2D eigenvalue weighted by Crippen LogP contribution is -2.42. The van der Waals surface area contributed by atoms with Gasteiger partial charge in [-0.15, -0.1) is 0 Å². The minimum atomic E-state index is -1.47. The van der Waals surface area contributed by atoms with Gasteiger partial charge in [-0.3, -0.25) is 9.59 Å². The minimum Gasteiger partial charge on any atom is -0.481 e. The lowest BCUT2D eigenvalue weighted by atomic mass is 10.0. The lowest BCUT2D eigenvalue weighted by molar-refractivity contribution is -0.147. The third-order valence-electron chi connectivity index (χ3n) is 1.10. The van der Waals surface area contributed by atoms with Crippen LogP contribution in [0.1, 0.15) is 0 Å². The van der Waals surface area contributed by atoms with Crippen molar-refractivity contribution in [2.75, 3.05) is 0 Å². The molecule has 0 aliphatic heterocycles. The number of carboxylic acid groups (broad SMARTS) is 2. The van der Waals surface area contributed by atoms with Gasteiger partial charge in [-0.1, -0.05) is 12.2 Å². The van der Waals surface area contributed by atoms with Crippen LogP contribution in [0.2, 0.25) is 0 Å². The summed E-state index contributed by atoms with van der Waals surface area (Å²) in [6, 6.07) is -1.47.